The van der Waals surface area contributed by atoms with E-state index in [0.29, 0.717) is 43.6 Å². The molecule has 0 saturated heterocycles. The molecule has 0 bridgehead atoms. The average Bonchev–Trinajstić information content (AvgIpc) is 1.59. The van der Waals surface area contributed by atoms with Crippen LogP contribution < -0.4 is 0 Å². The van der Waals surface area contributed by atoms with Gasteiger partial charge in [0.05, 0.1) is 67.3 Å². The van der Waals surface area contributed by atoms with E-state index < -0.39 is 52.0 Å². The molecule has 6 heterocycles. The Morgan fingerprint density at radius 2 is 0.516 bits per heavy atom. The number of rotatable bonds is 11. The monoisotopic (exact) mass is 1250 g/mol. The topological polar surface area (TPSA) is 61.4 Å². The van der Waals surface area contributed by atoms with E-state index >= 15 is 30.7 Å². The van der Waals surface area contributed by atoms with Gasteiger partial charge in [0.25, 0.3) is 0 Å². The fourth-order valence-electron chi connectivity index (χ4n) is 12.9. The van der Waals surface area contributed by atoms with Gasteiger partial charge in [-0.2, -0.15) is 13.2 Å². The highest BCUT2D eigenvalue weighted by Crippen LogP contribution is 2.48. The molecular formula is C81H46F8N6. The van der Waals surface area contributed by atoms with Crippen LogP contribution in [-0.2, 0) is 6.18 Å². The van der Waals surface area contributed by atoms with Gasteiger partial charge in [0, 0.05) is 96.4 Å². The summed E-state index contributed by atoms with van der Waals surface area (Å²) >= 11 is 0. The summed E-state index contributed by atoms with van der Waals surface area (Å²) in [6.07, 6.45) is 1.56. The number of aromatic nitrogens is 6. The second-order valence-electron chi connectivity index (χ2n) is 23.1. The molecule has 10 aromatic carbocycles. The second-order valence-corrected chi connectivity index (χ2v) is 23.1. The van der Waals surface area contributed by atoms with Crippen molar-refractivity contribution in [3.05, 3.63) is 314 Å². The van der Waals surface area contributed by atoms with Crippen LogP contribution in [0.2, 0.25) is 0 Å². The quantitative estimate of drug-likeness (QED) is 0.0735. The Balaban J connectivity index is 0.974. The first-order chi connectivity index (χ1) is 46.3. The first-order valence-corrected chi connectivity index (χ1v) is 30.3. The summed E-state index contributed by atoms with van der Waals surface area (Å²) in [4.78, 5) is 19.3. The van der Waals surface area contributed by atoms with Crippen molar-refractivity contribution in [2.75, 3.05) is 0 Å². The summed E-state index contributed by atoms with van der Waals surface area (Å²) in [7, 11) is 0. The van der Waals surface area contributed by atoms with Gasteiger partial charge in [-0.25, -0.2) is 22.0 Å². The minimum atomic E-state index is -5.46. The van der Waals surface area contributed by atoms with Crippen molar-refractivity contribution in [3.63, 3.8) is 0 Å². The lowest BCUT2D eigenvalue weighted by Crippen LogP contribution is -2.14. The van der Waals surface area contributed by atoms with Gasteiger partial charge >= 0.3 is 6.18 Å². The summed E-state index contributed by atoms with van der Waals surface area (Å²) in [5, 5.41) is 2.39. The van der Waals surface area contributed by atoms with Gasteiger partial charge in [-0.3, -0.25) is 19.9 Å². The van der Waals surface area contributed by atoms with Gasteiger partial charge < -0.3 is 9.13 Å². The SMILES string of the molecule is Fc1c(F)c(F)c(-c2cc(-n3c4ccc(-c5ccc(-c6ccccc6)nc5)cc4c4cc(-c5ccc(-c6ccccc6)nc5)ccc43)c(-n3c4ccc(-c5ccc(-c6ccccc6)nc5)cc4c4cc(-c5ccc(-c6ccccc6)nc5)ccc43)cc2C(F)(F)F)c(F)c1F. The minimum Gasteiger partial charge on any atom is -0.307 e. The molecule has 6 nitrogen and oxygen atoms in total. The lowest BCUT2D eigenvalue weighted by atomic mass is 9.95. The molecule has 0 atom stereocenters. The molecule has 0 unspecified atom stereocenters. The van der Waals surface area contributed by atoms with Gasteiger partial charge in [-0.1, -0.05) is 170 Å². The molecule has 14 heteroatoms. The van der Waals surface area contributed by atoms with Gasteiger partial charge in [-0.15, -0.1) is 0 Å². The van der Waals surface area contributed by atoms with Gasteiger partial charge in [0.15, 0.2) is 23.3 Å². The first-order valence-electron chi connectivity index (χ1n) is 30.3. The lowest BCUT2D eigenvalue weighted by Gasteiger charge is -2.23. The fraction of sp³-hybridized carbons (Fsp3) is 0.0123. The van der Waals surface area contributed by atoms with Crippen LogP contribution in [0.1, 0.15) is 5.56 Å². The van der Waals surface area contributed by atoms with Crippen molar-refractivity contribution >= 4 is 43.6 Å². The van der Waals surface area contributed by atoms with Crippen molar-refractivity contribution < 1.29 is 35.1 Å². The highest BCUT2D eigenvalue weighted by Gasteiger charge is 2.39. The maximum Gasteiger partial charge on any atom is 0.417 e. The Morgan fingerprint density at radius 1 is 0.253 bits per heavy atom. The van der Waals surface area contributed by atoms with E-state index in [4.69, 9.17) is 19.9 Å². The first kappa shape index (κ1) is 58.0. The molecule has 0 aliphatic rings. The minimum absolute atomic E-state index is 0.103. The standard InChI is InChI=1S/C81H46F8N6/c82-76-75(77(83)79(85)80(86)78(76)84)63-41-73(94-69-33-25-51(55-21-29-65(90-43-55)47-13-5-1-6-14-47)37-59(69)60-38-52(26-34-70(60)94)56-22-30-66(91-44-56)48-15-7-2-8-16-48)74(42-64(63)81(87,88)89)95-71-35-27-53(57-23-31-67(92-45-57)49-17-9-3-10-18-49)39-61(71)62-40-54(28-36-72(62)95)58-24-32-68(93-46-58)50-19-11-4-12-20-50/h1-46H. The molecule has 0 saturated carbocycles. The number of hydrogen-bond donors (Lipinski definition) is 0. The molecule has 0 radical (unpaired) electrons. The maximum atomic E-state index is 16.5. The molecule has 95 heavy (non-hydrogen) atoms. The van der Waals surface area contributed by atoms with E-state index in [9.17, 15) is 4.39 Å². The normalized spacial score (nSPS) is 11.8. The number of benzene rings is 10. The van der Waals surface area contributed by atoms with Crippen LogP contribution in [0.3, 0.4) is 0 Å². The third-order valence-corrected chi connectivity index (χ3v) is 17.6. The number of hydrogen-bond acceptors (Lipinski definition) is 4. The third kappa shape index (κ3) is 10.2. The summed E-state index contributed by atoms with van der Waals surface area (Å²) in [6.45, 7) is 0. The van der Waals surface area contributed by atoms with E-state index in [1.165, 1.54) is 0 Å². The van der Waals surface area contributed by atoms with Crippen molar-refractivity contribution in [1.82, 2.24) is 29.1 Å². The van der Waals surface area contributed by atoms with Crippen molar-refractivity contribution in [2.45, 2.75) is 6.18 Å². The molecule has 16 aromatic rings. The molecule has 456 valence electrons. The summed E-state index contributed by atoms with van der Waals surface area (Å²) in [5.41, 5.74) is 9.18. The molecule has 6 aromatic heterocycles. The average molecular weight is 1260 g/mol. The number of nitrogens with zero attached hydrogens (tertiary/aromatic N) is 6. The van der Waals surface area contributed by atoms with Crippen molar-refractivity contribution in [3.8, 4) is 112 Å². The summed E-state index contributed by atoms with van der Waals surface area (Å²) in [6, 6.07) is 78.1. The molecule has 0 amide bonds. The molecule has 0 aliphatic carbocycles. The van der Waals surface area contributed by atoms with E-state index in [1.807, 2.05) is 218 Å². The molecule has 0 N–H and O–H groups in total. The van der Waals surface area contributed by atoms with Crippen LogP contribution in [0.15, 0.2) is 280 Å². The Labute approximate surface area is 537 Å². The van der Waals surface area contributed by atoms with Gasteiger partial charge in [0.1, 0.15) is 0 Å². The Kier molecular flexibility index (Phi) is 14.2. The van der Waals surface area contributed by atoms with Crippen LogP contribution in [0, 0.1) is 29.1 Å². The van der Waals surface area contributed by atoms with Crippen molar-refractivity contribution in [2.24, 2.45) is 0 Å². The molecule has 0 spiro atoms. The Morgan fingerprint density at radius 3 is 0.779 bits per heavy atom. The zero-order chi connectivity index (χ0) is 64.6. The van der Waals surface area contributed by atoms with Crippen LogP contribution in [0.5, 0.6) is 0 Å². The van der Waals surface area contributed by atoms with E-state index in [-0.39, 0.29) is 11.4 Å². The smallest absolute Gasteiger partial charge is 0.307 e. The summed E-state index contributed by atoms with van der Waals surface area (Å²) < 4.78 is 132. The Bertz CT molecular complexity index is 5340. The molecule has 0 fully saturated rings. The number of halogens is 8. The van der Waals surface area contributed by atoms with E-state index in [0.717, 1.165) is 102 Å². The highest BCUT2D eigenvalue weighted by molar-refractivity contribution is 6.14. The van der Waals surface area contributed by atoms with E-state index in [2.05, 4.69) is 0 Å². The number of pyridine rings is 4. The lowest BCUT2D eigenvalue weighted by molar-refractivity contribution is -0.137. The van der Waals surface area contributed by atoms with Crippen LogP contribution >= 0.6 is 0 Å². The van der Waals surface area contributed by atoms with Gasteiger partial charge in [-0.05, 0) is 107 Å². The molecule has 0 aliphatic heterocycles. The van der Waals surface area contributed by atoms with E-state index in [1.54, 1.807) is 58.2 Å². The maximum absolute atomic E-state index is 16.5. The molecule has 16 rings (SSSR count). The highest BCUT2D eigenvalue weighted by atomic mass is 19.4. The summed E-state index contributed by atoms with van der Waals surface area (Å²) in [5.74, 6) is -12.2. The number of alkyl halides is 3. The predicted octanol–water partition coefficient (Wildman–Crippen LogP) is 22.2. The van der Waals surface area contributed by atoms with Crippen LogP contribution in [-0.4, -0.2) is 29.1 Å². The molecular weight excluding hydrogens is 1210 g/mol. The van der Waals surface area contributed by atoms with Crippen LogP contribution in [0.4, 0.5) is 35.1 Å². The predicted molar refractivity (Wildman–Crippen MR) is 360 cm³/mol. The largest absolute Gasteiger partial charge is 0.417 e. The Hall–Kier alpha value is -12.2. The second kappa shape index (κ2) is 23.2. The third-order valence-electron chi connectivity index (χ3n) is 17.6. The zero-order valence-electron chi connectivity index (χ0n) is 49.8. The van der Waals surface area contributed by atoms with Crippen molar-refractivity contribution in [1.29, 1.82) is 0 Å². The fourth-order valence-corrected chi connectivity index (χ4v) is 12.9. The number of fused-ring (bicyclic) bond motifs is 6. The van der Waals surface area contributed by atoms with Gasteiger partial charge in [0.2, 0.25) is 5.82 Å². The van der Waals surface area contributed by atoms with Crippen LogP contribution in [0.25, 0.3) is 156 Å². The zero-order valence-corrected chi connectivity index (χ0v) is 49.8.